The highest BCUT2D eigenvalue weighted by Gasteiger charge is 2.16. The van der Waals surface area contributed by atoms with Crippen molar-refractivity contribution in [3.8, 4) is 0 Å². The standard InChI is InChI=1S/C11H19N3/c1-9-4-3-5-14(7-9)8-11-6-10(2)12-13-11/h6,9H,3-5,7-8H2,1-2H3,(H,12,13). The van der Waals surface area contributed by atoms with E-state index in [2.05, 4.69) is 35.0 Å². The Morgan fingerprint density at radius 3 is 3.14 bits per heavy atom. The Kier molecular flexibility index (Phi) is 2.87. The molecule has 14 heavy (non-hydrogen) atoms. The molecule has 1 fully saturated rings. The van der Waals surface area contributed by atoms with Gasteiger partial charge in [-0.15, -0.1) is 0 Å². The molecule has 0 amide bonds. The molecule has 1 aliphatic heterocycles. The van der Waals surface area contributed by atoms with E-state index in [1.165, 1.54) is 31.6 Å². The Balaban J connectivity index is 1.90. The molecule has 3 heteroatoms. The molecule has 0 spiro atoms. The van der Waals surface area contributed by atoms with E-state index in [4.69, 9.17) is 0 Å². The van der Waals surface area contributed by atoms with Gasteiger partial charge in [-0.25, -0.2) is 0 Å². The maximum atomic E-state index is 4.27. The molecule has 1 saturated heterocycles. The van der Waals surface area contributed by atoms with Gasteiger partial charge in [-0.1, -0.05) is 6.92 Å². The first-order valence-electron chi connectivity index (χ1n) is 5.47. The lowest BCUT2D eigenvalue weighted by Gasteiger charge is -2.30. The minimum atomic E-state index is 0.851. The number of piperidine rings is 1. The van der Waals surface area contributed by atoms with Gasteiger partial charge in [0.1, 0.15) is 0 Å². The zero-order chi connectivity index (χ0) is 9.97. The minimum Gasteiger partial charge on any atom is -0.297 e. The van der Waals surface area contributed by atoms with Crippen LogP contribution in [-0.2, 0) is 6.54 Å². The summed E-state index contributed by atoms with van der Waals surface area (Å²) in [5.74, 6) is 0.851. The van der Waals surface area contributed by atoms with Crippen LogP contribution >= 0.6 is 0 Å². The van der Waals surface area contributed by atoms with Crippen LogP contribution in [-0.4, -0.2) is 28.2 Å². The molecule has 2 heterocycles. The van der Waals surface area contributed by atoms with Gasteiger partial charge in [-0.2, -0.15) is 5.10 Å². The van der Waals surface area contributed by atoms with Crippen LogP contribution in [0.4, 0.5) is 0 Å². The predicted molar refractivity (Wildman–Crippen MR) is 57.0 cm³/mol. The van der Waals surface area contributed by atoms with Gasteiger partial charge in [0.15, 0.2) is 0 Å². The maximum absolute atomic E-state index is 4.27. The summed E-state index contributed by atoms with van der Waals surface area (Å²) < 4.78 is 0. The van der Waals surface area contributed by atoms with E-state index in [-0.39, 0.29) is 0 Å². The quantitative estimate of drug-likeness (QED) is 0.778. The van der Waals surface area contributed by atoms with Crippen molar-refractivity contribution in [1.29, 1.82) is 0 Å². The van der Waals surface area contributed by atoms with Crippen LogP contribution in [0.1, 0.15) is 31.2 Å². The van der Waals surface area contributed by atoms with Crippen molar-refractivity contribution in [1.82, 2.24) is 15.1 Å². The summed E-state index contributed by atoms with van der Waals surface area (Å²) in [5.41, 5.74) is 2.33. The number of likely N-dealkylation sites (tertiary alicyclic amines) is 1. The number of H-pyrrole nitrogens is 1. The van der Waals surface area contributed by atoms with Crippen LogP contribution in [0.5, 0.6) is 0 Å². The average molecular weight is 193 g/mol. The molecule has 1 atom stereocenters. The fourth-order valence-electron chi connectivity index (χ4n) is 2.21. The molecule has 1 aromatic rings. The van der Waals surface area contributed by atoms with Gasteiger partial charge in [-0.05, 0) is 38.3 Å². The molecule has 0 aromatic carbocycles. The Morgan fingerprint density at radius 2 is 2.50 bits per heavy atom. The molecule has 3 nitrogen and oxygen atoms in total. The maximum Gasteiger partial charge on any atom is 0.0765 e. The zero-order valence-electron chi connectivity index (χ0n) is 9.08. The summed E-state index contributed by atoms with van der Waals surface area (Å²) in [6.07, 6.45) is 2.72. The summed E-state index contributed by atoms with van der Waals surface area (Å²) in [7, 11) is 0. The predicted octanol–water partition coefficient (Wildman–Crippen LogP) is 1.95. The van der Waals surface area contributed by atoms with Crippen LogP contribution in [0.2, 0.25) is 0 Å². The van der Waals surface area contributed by atoms with Crippen molar-refractivity contribution in [3.63, 3.8) is 0 Å². The monoisotopic (exact) mass is 193 g/mol. The number of aromatic amines is 1. The third kappa shape index (κ3) is 2.35. The molecular weight excluding hydrogens is 174 g/mol. The van der Waals surface area contributed by atoms with E-state index in [0.717, 1.165) is 18.2 Å². The van der Waals surface area contributed by atoms with Crippen LogP contribution in [0.25, 0.3) is 0 Å². The number of hydrogen-bond donors (Lipinski definition) is 1. The van der Waals surface area contributed by atoms with Gasteiger partial charge < -0.3 is 0 Å². The van der Waals surface area contributed by atoms with Gasteiger partial charge >= 0.3 is 0 Å². The first kappa shape index (κ1) is 9.71. The van der Waals surface area contributed by atoms with E-state index in [0.29, 0.717) is 0 Å². The van der Waals surface area contributed by atoms with E-state index in [9.17, 15) is 0 Å². The topological polar surface area (TPSA) is 31.9 Å². The summed E-state index contributed by atoms with van der Waals surface area (Å²) in [5, 5.41) is 7.26. The second kappa shape index (κ2) is 4.13. The van der Waals surface area contributed by atoms with Crippen molar-refractivity contribution in [2.24, 2.45) is 5.92 Å². The van der Waals surface area contributed by atoms with Crippen molar-refractivity contribution >= 4 is 0 Å². The van der Waals surface area contributed by atoms with E-state index < -0.39 is 0 Å². The molecule has 1 aliphatic rings. The number of rotatable bonds is 2. The third-order valence-electron chi connectivity index (χ3n) is 2.89. The molecule has 1 N–H and O–H groups in total. The Labute approximate surface area is 85.5 Å². The summed E-state index contributed by atoms with van der Waals surface area (Å²) >= 11 is 0. The number of aryl methyl sites for hydroxylation is 1. The molecule has 0 bridgehead atoms. The second-order valence-corrected chi connectivity index (χ2v) is 4.52. The molecule has 0 saturated carbocycles. The van der Waals surface area contributed by atoms with Crippen LogP contribution in [0, 0.1) is 12.8 Å². The van der Waals surface area contributed by atoms with Crippen molar-refractivity contribution in [2.75, 3.05) is 13.1 Å². The van der Waals surface area contributed by atoms with Gasteiger partial charge in [0, 0.05) is 18.8 Å². The zero-order valence-corrected chi connectivity index (χ0v) is 9.08. The second-order valence-electron chi connectivity index (χ2n) is 4.52. The summed E-state index contributed by atoms with van der Waals surface area (Å²) in [6.45, 7) is 7.86. The lowest BCUT2D eigenvalue weighted by atomic mass is 10.0. The van der Waals surface area contributed by atoms with Crippen molar-refractivity contribution in [2.45, 2.75) is 33.2 Å². The first-order valence-corrected chi connectivity index (χ1v) is 5.47. The van der Waals surface area contributed by atoms with Crippen molar-refractivity contribution < 1.29 is 0 Å². The molecule has 78 valence electrons. The minimum absolute atomic E-state index is 0.851. The highest BCUT2D eigenvalue weighted by Crippen LogP contribution is 2.17. The lowest BCUT2D eigenvalue weighted by Crippen LogP contribution is -2.33. The summed E-state index contributed by atoms with van der Waals surface area (Å²) in [4.78, 5) is 2.50. The van der Waals surface area contributed by atoms with E-state index in [1.54, 1.807) is 0 Å². The van der Waals surface area contributed by atoms with E-state index >= 15 is 0 Å². The van der Waals surface area contributed by atoms with Gasteiger partial charge in [-0.3, -0.25) is 10.00 Å². The molecule has 1 aromatic heterocycles. The van der Waals surface area contributed by atoms with E-state index in [1.807, 2.05) is 0 Å². The highest BCUT2D eigenvalue weighted by molar-refractivity contribution is 5.06. The number of nitrogens with zero attached hydrogens (tertiary/aromatic N) is 2. The molecule has 0 radical (unpaired) electrons. The highest BCUT2D eigenvalue weighted by atomic mass is 15.2. The largest absolute Gasteiger partial charge is 0.297 e. The number of aromatic nitrogens is 2. The Bertz CT molecular complexity index is 292. The molecular formula is C11H19N3. The smallest absolute Gasteiger partial charge is 0.0765 e. The number of nitrogens with one attached hydrogen (secondary N) is 1. The lowest BCUT2D eigenvalue weighted by molar-refractivity contribution is 0.175. The Morgan fingerprint density at radius 1 is 1.64 bits per heavy atom. The SMILES string of the molecule is Cc1cc(CN2CCCC(C)C2)n[nH]1. The van der Waals surface area contributed by atoms with Crippen LogP contribution in [0.15, 0.2) is 6.07 Å². The molecule has 1 unspecified atom stereocenters. The van der Waals surface area contributed by atoms with Gasteiger partial charge in [0.25, 0.3) is 0 Å². The van der Waals surface area contributed by atoms with Gasteiger partial charge in [0.2, 0.25) is 0 Å². The normalized spacial score (nSPS) is 24.0. The van der Waals surface area contributed by atoms with Crippen molar-refractivity contribution in [3.05, 3.63) is 17.5 Å². The Hall–Kier alpha value is -0.830. The summed E-state index contributed by atoms with van der Waals surface area (Å²) in [6, 6.07) is 2.14. The van der Waals surface area contributed by atoms with Crippen LogP contribution in [0.3, 0.4) is 0 Å². The fourth-order valence-corrected chi connectivity index (χ4v) is 2.21. The first-order chi connectivity index (χ1) is 6.74. The van der Waals surface area contributed by atoms with Crippen LogP contribution < -0.4 is 0 Å². The molecule has 2 rings (SSSR count). The average Bonchev–Trinajstić information content (AvgIpc) is 2.51. The third-order valence-corrected chi connectivity index (χ3v) is 2.89. The number of hydrogen-bond acceptors (Lipinski definition) is 2. The van der Waals surface area contributed by atoms with Gasteiger partial charge in [0.05, 0.1) is 5.69 Å². The molecule has 0 aliphatic carbocycles. The fraction of sp³-hybridized carbons (Fsp3) is 0.727.